The third-order valence-electron chi connectivity index (χ3n) is 5.30. The van der Waals surface area contributed by atoms with Crippen LogP contribution in [0.25, 0.3) is 0 Å². The van der Waals surface area contributed by atoms with E-state index in [1.165, 1.54) is 0 Å². The number of hydrogen-bond acceptors (Lipinski definition) is 3. The third kappa shape index (κ3) is 3.02. The van der Waals surface area contributed by atoms with E-state index in [0.717, 1.165) is 5.56 Å². The molecule has 3 rings (SSSR count). The summed E-state index contributed by atoms with van der Waals surface area (Å²) in [7, 11) is 0. The summed E-state index contributed by atoms with van der Waals surface area (Å²) in [6.07, 6.45) is 0.611. The second-order valence-corrected chi connectivity index (χ2v) is 8.17. The molecular formula is C19H27FN2O2. The van der Waals surface area contributed by atoms with Gasteiger partial charge in [0.15, 0.2) is 0 Å². The van der Waals surface area contributed by atoms with Crippen LogP contribution in [0.3, 0.4) is 0 Å². The van der Waals surface area contributed by atoms with Crippen LogP contribution in [-0.4, -0.2) is 40.9 Å². The lowest BCUT2D eigenvalue weighted by Crippen LogP contribution is -2.69. The Bertz CT molecular complexity index is 616. The number of ether oxygens (including phenoxy) is 1. The highest BCUT2D eigenvalue weighted by Crippen LogP contribution is 2.52. The first kappa shape index (κ1) is 17.2. The van der Waals surface area contributed by atoms with Crippen molar-refractivity contribution >= 4 is 6.09 Å². The molecule has 0 aromatic heterocycles. The van der Waals surface area contributed by atoms with Gasteiger partial charge in [-0.05, 0) is 46.1 Å². The average Bonchev–Trinajstić information content (AvgIpc) is 2.68. The van der Waals surface area contributed by atoms with Gasteiger partial charge >= 0.3 is 6.09 Å². The Morgan fingerprint density at radius 2 is 1.92 bits per heavy atom. The number of benzene rings is 1. The topological polar surface area (TPSA) is 41.6 Å². The number of halogens is 1. The maximum absolute atomic E-state index is 15.4. The van der Waals surface area contributed by atoms with Crippen molar-refractivity contribution in [3.05, 3.63) is 35.9 Å². The van der Waals surface area contributed by atoms with Gasteiger partial charge in [0.2, 0.25) is 0 Å². The van der Waals surface area contributed by atoms with Crippen LogP contribution in [0, 0.1) is 0 Å². The fourth-order valence-electron chi connectivity index (χ4n) is 3.80. The van der Waals surface area contributed by atoms with Gasteiger partial charge in [0.05, 0.1) is 5.54 Å². The van der Waals surface area contributed by atoms with Crippen LogP contribution in [0.1, 0.15) is 52.1 Å². The van der Waals surface area contributed by atoms with E-state index in [1.807, 2.05) is 39.0 Å². The second-order valence-electron chi connectivity index (χ2n) is 8.17. The van der Waals surface area contributed by atoms with Crippen LogP contribution in [-0.2, 0) is 4.74 Å². The Hall–Kier alpha value is -1.62. The largest absolute Gasteiger partial charge is 0.444 e. The zero-order chi connectivity index (χ0) is 17.6. The number of hydrogen-bond donors (Lipinski definition) is 1. The zero-order valence-electron chi connectivity index (χ0n) is 14.9. The van der Waals surface area contributed by atoms with Crippen molar-refractivity contribution in [3.8, 4) is 0 Å². The van der Waals surface area contributed by atoms with E-state index in [1.54, 1.807) is 0 Å². The van der Waals surface area contributed by atoms with E-state index in [0.29, 0.717) is 25.9 Å². The fourth-order valence-corrected chi connectivity index (χ4v) is 3.80. The number of carbonyl (C=O) groups excluding carboxylic acids is 1. The minimum absolute atomic E-state index is 0.113. The van der Waals surface area contributed by atoms with Crippen molar-refractivity contribution in [1.82, 2.24) is 10.2 Å². The summed E-state index contributed by atoms with van der Waals surface area (Å²) in [4.78, 5) is 14.3. The number of alkyl carbamates (subject to hydrolysis) is 1. The molecule has 0 spiro atoms. The molecule has 132 valence electrons. The monoisotopic (exact) mass is 334 g/mol. The van der Waals surface area contributed by atoms with Crippen LogP contribution in [0.2, 0.25) is 0 Å². The lowest BCUT2D eigenvalue weighted by atomic mass is 9.66. The number of nitrogens with one attached hydrogen (secondary N) is 1. The van der Waals surface area contributed by atoms with Crippen molar-refractivity contribution < 1.29 is 13.9 Å². The molecular weight excluding hydrogens is 307 g/mol. The number of carbonyl (C=O) groups is 1. The van der Waals surface area contributed by atoms with Gasteiger partial charge in [-0.25, -0.2) is 9.18 Å². The normalized spacial score (nSPS) is 31.0. The molecule has 1 saturated carbocycles. The lowest BCUT2D eigenvalue weighted by Gasteiger charge is -2.49. The smallest absolute Gasteiger partial charge is 0.408 e. The average molecular weight is 334 g/mol. The standard InChI is InChI=1S/C19H27FN2O2/c1-14(15-8-6-5-7-9-15)22-12-18(20)10-11-19(18,13-22)21-16(23)24-17(2,3)4/h5-9,14H,10-13H2,1-4H3,(H,21,23)/t14-,18+,19-/m1/s1. The Kier molecular flexibility index (Phi) is 4.11. The minimum atomic E-state index is -1.37. The maximum atomic E-state index is 15.4. The number of nitrogens with zero attached hydrogens (tertiary/aromatic N) is 1. The minimum Gasteiger partial charge on any atom is -0.444 e. The predicted octanol–water partition coefficient (Wildman–Crippen LogP) is 3.83. The first-order valence-electron chi connectivity index (χ1n) is 8.63. The molecule has 2 fully saturated rings. The predicted molar refractivity (Wildman–Crippen MR) is 91.6 cm³/mol. The third-order valence-corrected chi connectivity index (χ3v) is 5.30. The highest BCUT2D eigenvalue weighted by molar-refractivity contribution is 5.70. The van der Waals surface area contributed by atoms with Crippen LogP contribution in [0.5, 0.6) is 0 Å². The molecule has 1 heterocycles. The summed E-state index contributed by atoms with van der Waals surface area (Å²) in [5.41, 5.74) is -1.61. The highest BCUT2D eigenvalue weighted by atomic mass is 19.1. The first-order chi connectivity index (χ1) is 11.1. The molecule has 1 aromatic carbocycles. The Morgan fingerprint density at radius 1 is 1.25 bits per heavy atom. The Labute approximate surface area is 143 Å². The molecule has 1 aliphatic heterocycles. The quantitative estimate of drug-likeness (QED) is 0.913. The molecule has 1 saturated heterocycles. The maximum Gasteiger partial charge on any atom is 0.408 e. The molecule has 5 heteroatoms. The number of likely N-dealkylation sites (tertiary alicyclic amines) is 1. The van der Waals surface area contributed by atoms with E-state index < -0.39 is 22.9 Å². The zero-order valence-corrected chi connectivity index (χ0v) is 14.9. The molecule has 4 nitrogen and oxygen atoms in total. The molecule has 1 aromatic rings. The second kappa shape index (κ2) is 5.73. The Morgan fingerprint density at radius 3 is 2.46 bits per heavy atom. The molecule has 24 heavy (non-hydrogen) atoms. The van der Waals surface area contributed by atoms with Gasteiger partial charge in [0, 0.05) is 19.1 Å². The van der Waals surface area contributed by atoms with E-state index in [9.17, 15) is 4.79 Å². The summed E-state index contributed by atoms with van der Waals surface area (Å²) in [6, 6.07) is 10.2. The summed E-state index contributed by atoms with van der Waals surface area (Å²) in [5, 5.41) is 2.85. The van der Waals surface area contributed by atoms with Gasteiger partial charge in [-0.3, -0.25) is 4.90 Å². The summed E-state index contributed by atoms with van der Waals surface area (Å²) in [5.74, 6) is 0. The summed E-state index contributed by atoms with van der Waals surface area (Å²) < 4.78 is 20.7. The van der Waals surface area contributed by atoms with Gasteiger partial charge < -0.3 is 10.1 Å². The van der Waals surface area contributed by atoms with Crippen molar-refractivity contribution in [2.75, 3.05) is 13.1 Å². The van der Waals surface area contributed by atoms with Gasteiger partial charge in [-0.2, -0.15) is 0 Å². The van der Waals surface area contributed by atoms with Crippen molar-refractivity contribution in [2.45, 2.75) is 63.4 Å². The molecule has 2 aliphatic rings. The molecule has 0 radical (unpaired) electrons. The lowest BCUT2D eigenvalue weighted by molar-refractivity contribution is -0.0305. The van der Waals surface area contributed by atoms with Crippen LogP contribution in [0.15, 0.2) is 30.3 Å². The Balaban J connectivity index is 1.72. The van der Waals surface area contributed by atoms with E-state index in [-0.39, 0.29) is 6.04 Å². The van der Waals surface area contributed by atoms with Crippen LogP contribution in [0.4, 0.5) is 9.18 Å². The molecule has 0 bridgehead atoms. The van der Waals surface area contributed by atoms with Gasteiger partial charge in [0.25, 0.3) is 0 Å². The fraction of sp³-hybridized carbons (Fsp3) is 0.632. The number of rotatable bonds is 3. The number of fused-ring (bicyclic) bond motifs is 1. The number of amides is 1. The van der Waals surface area contributed by atoms with Crippen LogP contribution >= 0.6 is 0 Å². The summed E-state index contributed by atoms with van der Waals surface area (Å²) >= 11 is 0. The van der Waals surface area contributed by atoms with E-state index in [2.05, 4.69) is 29.3 Å². The molecule has 1 aliphatic carbocycles. The van der Waals surface area contributed by atoms with E-state index in [4.69, 9.17) is 4.74 Å². The van der Waals surface area contributed by atoms with Gasteiger partial charge in [0.1, 0.15) is 11.3 Å². The first-order valence-corrected chi connectivity index (χ1v) is 8.63. The van der Waals surface area contributed by atoms with Gasteiger partial charge in [-0.15, -0.1) is 0 Å². The van der Waals surface area contributed by atoms with Crippen molar-refractivity contribution in [2.24, 2.45) is 0 Å². The number of alkyl halides is 1. The summed E-state index contributed by atoms with van der Waals surface area (Å²) in [6.45, 7) is 8.38. The van der Waals surface area contributed by atoms with Crippen molar-refractivity contribution in [3.63, 3.8) is 0 Å². The van der Waals surface area contributed by atoms with Crippen molar-refractivity contribution in [1.29, 1.82) is 0 Å². The van der Waals surface area contributed by atoms with Gasteiger partial charge in [-0.1, -0.05) is 30.3 Å². The highest BCUT2D eigenvalue weighted by Gasteiger charge is 2.67. The van der Waals surface area contributed by atoms with Crippen LogP contribution < -0.4 is 5.32 Å². The SMILES string of the molecule is C[C@H](c1ccccc1)N1C[C@@]2(F)CC[C@@]2(NC(=O)OC(C)(C)C)C1. The molecule has 0 unspecified atom stereocenters. The molecule has 3 atom stereocenters. The van der Waals surface area contributed by atoms with E-state index >= 15 is 4.39 Å². The molecule has 1 N–H and O–H groups in total. The molecule has 1 amide bonds.